The normalized spacial score (nSPS) is 16.4. The van der Waals surface area contributed by atoms with Crippen molar-refractivity contribution >= 4 is 11.7 Å². The topological polar surface area (TPSA) is 67.8 Å². The molecule has 4 rings (SSSR count). The van der Waals surface area contributed by atoms with Crippen LogP contribution in [-0.2, 0) is 6.18 Å². The summed E-state index contributed by atoms with van der Waals surface area (Å²) in [4.78, 5) is 23.7. The van der Waals surface area contributed by atoms with Gasteiger partial charge in [-0.1, -0.05) is 0 Å². The smallest absolute Gasteiger partial charge is 0.433 e. The van der Waals surface area contributed by atoms with Crippen LogP contribution in [-0.4, -0.2) is 53.7 Å². The van der Waals surface area contributed by atoms with E-state index in [1.807, 2.05) is 0 Å². The first-order chi connectivity index (χ1) is 13.3. The van der Waals surface area contributed by atoms with Crippen molar-refractivity contribution in [3.63, 3.8) is 0 Å². The Morgan fingerprint density at radius 1 is 1.04 bits per heavy atom. The molecule has 1 fully saturated rings. The largest absolute Gasteiger partial charge is 0.454 e. The summed E-state index contributed by atoms with van der Waals surface area (Å²) in [5.74, 6) is 1.24. The third-order valence-corrected chi connectivity index (χ3v) is 4.63. The number of nitrogens with zero attached hydrogens (tertiary/aromatic N) is 4. The van der Waals surface area contributed by atoms with Crippen LogP contribution in [0.2, 0.25) is 0 Å². The molecule has 0 saturated carbocycles. The zero-order chi connectivity index (χ0) is 19.9. The molecule has 2 aliphatic heterocycles. The molecule has 1 aromatic heterocycles. The second-order valence-corrected chi connectivity index (χ2v) is 6.50. The van der Waals surface area contributed by atoms with Gasteiger partial charge in [-0.25, -0.2) is 9.97 Å². The summed E-state index contributed by atoms with van der Waals surface area (Å²) >= 11 is 0. The second-order valence-electron chi connectivity index (χ2n) is 6.50. The summed E-state index contributed by atoms with van der Waals surface area (Å²) in [7, 11) is 0. The van der Waals surface area contributed by atoms with E-state index in [0.717, 1.165) is 6.07 Å². The number of amides is 1. The Hall–Kier alpha value is -3.04. The highest BCUT2D eigenvalue weighted by atomic mass is 19.4. The number of hydrogen-bond acceptors (Lipinski definition) is 6. The number of alkyl halides is 3. The minimum atomic E-state index is -4.53. The zero-order valence-corrected chi connectivity index (χ0v) is 15.0. The lowest BCUT2D eigenvalue weighted by Crippen LogP contribution is -2.49. The van der Waals surface area contributed by atoms with E-state index < -0.39 is 11.9 Å². The van der Waals surface area contributed by atoms with E-state index >= 15 is 0 Å². The van der Waals surface area contributed by atoms with Gasteiger partial charge in [0.15, 0.2) is 11.5 Å². The van der Waals surface area contributed by atoms with Gasteiger partial charge in [-0.2, -0.15) is 13.2 Å². The molecule has 10 heteroatoms. The molecule has 0 radical (unpaired) electrons. The van der Waals surface area contributed by atoms with Gasteiger partial charge in [0.2, 0.25) is 6.79 Å². The Kier molecular flexibility index (Phi) is 4.48. The minimum Gasteiger partial charge on any atom is -0.454 e. The first-order valence-corrected chi connectivity index (χ1v) is 8.68. The van der Waals surface area contributed by atoms with Gasteiger partial charge in [0.25, 0.3) is 5.91 Å². The molecule has 28 heavy (non-hydrogen) atoms. The first-order valence-electron chi connectivity index (χ1n) is 8.68. The van der Waals surface area contributed by atoms with Crippen molar-refractivity contribution in [2.75, 3.05) is 37.9 Å². The predicted octanol–water partition coefficient (Wildman–Crippen LogP) is 2.49. The third kappa shape index (κ3) is 3.54. The summed E-state index contributed by atoms with van der Waals surface area (Å²) in [5, 5.41) is 0. The van der Waals surface area contributed by atoms with Gasteiger partial charge in [0, 0.05) is 37.8 Å². The number of halogens is 3. The lowest BCUT2D eigenvalue weighted by Gasteiger charge is -2.35. The number of anilines is 1. The van der Waals surface area contributed by atoms with Gasteiger partial charge >= 0.3 is 6.18 Å². The SMILES string of the molecule is Cc1nc(N2CCN(C(=O)c3ccc4c(c3)OCO4)CC2)cc(C(F)(F)F)n1. The maximum atomic E-state index is 13.0. The first kappa shape index (κ1) is 18.3. The number of hydrogen-bond donors (Lipinski definition) is 0. The van der Waals surface area contributed by atoms with Crippen LogP contribution in [0.1, 0.15) is 21.9 Å². The molecule has 148 valence electrons. The maximum Gasteiger partial charge on any atom is 0.433 e. The van der Waals surface area contributed by atoms with E-state index in [4.69, 9.17) is 9.47 Å². The molecule has 1 saturated heterocycles. The van der Waals surface area contributed by atoms with Gasteiger partial charge in [0.05, 0.1) is 0 Å². The van der Waals surface area contributed by atoms with E-state index in [9.17, 15) is 18.0 Å². The number of ether oxygens (including phenoxy) is 2. The minimum absolute atomic E-state index is 0.0590. The van der Waals surface area contributed by atoms with Crippen LogP contribution in [0.25, 0.3) is 0 Å². The molecule has 7 nitrogen and oxygen atoms in total. The van der Waals surface area contributed by atoms with Crippen LogP contribution in [0.4, 0.5) is 19.0 Å². The fourth-order valence-corrected chi connectivity index (χ4v) is 3.21. The Morgan fingerprint density at radius 2 is 1.75 bits per heavy atom. The molecule has 2 aliphatic rings. The molecular weight excluding hydrogens is 377 g/mol. The molecule has 0 unspecified atom stereocenters. The van der Waals surface area contributed by atoms with Crippen LogP contribution in [0.15, 0.2) is 24.3 Å². The van der Waals surface area contributed by atoms with Gasteiger partial charge < -0.3 is 19.3 Å². The Balaban J connectivity index is 1.45. The molecule has 0 spiro atoms. The van der Waals surface area contributed by atoms with E-state index in [-0.39, 0.29) is 24.3 Å². The lowest BCUT2D eigenvalue weighted by molar-refractivity contribution is -0.141. The Labute approximate surface area is 158 Å². The molecule has 3 heterocycles. The summed E-state index contributed by atoms with van der Waals surface area (Å²) in [6, 6.07) is 5.95. The number of piperazine rings is 1. The van der Waals surface area contributed by atoms with Crippen molar-refractivity contribution in [3.8, 4) is 11.5 Å². The molecule has 2 aromatic rings. The fraction of sp³-hybridized carbons (Fsp3) is 0.389. The van der Waals surface area contributed by atoms with Crippen LogP contribution in [0.3, 0.4) is 0 Å². The average Bonchev–Trinajstić information content (AvgIpc) is 3.14. The quantitative estimate of drug-likeness (QED) is 0.780. The van der Waals surface area contributed by atoms with Gasteiger partial charge in [-0.15, -0.1) is 0 Å². The molecule has 1 aromatic carbocycles. The van der Waals surface area contributed by atoms with E-state index in [0.29, 0.717) is 43.2 Å². The maximum absolute atomic E-state index is 13.0. The number of carbonyl (C=O) groups is 1. The number of benzene rings is 1. The Bertz CT molecular complexity index is 911. The van der Waals surface area contributed by atoms with Crippen molar-refractivity contribution in [1.82, 2.24) is 14.9 Å². The van der Waals surface area contributed by atoms with Gasteiger partial charge in [0.1, 0.15) is 17.3 Å². The number of aromatic nitrogens is 2. The summed E-state index contributed by atoms with van der Waals surface area (Å²) < 4.78 is 49.5. The highest BCUT2D eigenvalue weighted by Gasteiger charge is 2.34. The van der Waals surface area contributed by atoms with Crippen molar-refractivity contribution in [2.24, 2.45) is 0 Å². The van der Waals surface area contributed by atoms with Crippen molar-refractivity contribution in [1.29, 1.82) is 0 Å². The zero-order valence-electron chi connectivity index (χ0n) is 15.0. The predicted molar refractivity (Wildman–Crippen MR) is 92.5 cm³/mol. The summed E-state index contributed by atoms with van der Waals surface area (Å²) in [5.41, 5.74) is -0.483. The summed E-state index contributed by atoms with van der Waals surface area (Å²) in [6.45, 7) is 3.06. The number of carbonyl (C=O) groups excluding carboxylic acids is 1. The van der Waals surface area contributed by atoms with E-state index in [2.05, 4.69) is 9.97 Å². The monoisotopic (exact) mass is 394 g/mol. The van der Waals surface area contributed by atoms with Crippen molar-refractivity contribution in [3.05, 3.63) is 41.3 Å². The molecule has 0 N–H and O–H groups in total. The standard InChI is InChI=1S/C18H17F3N4O3/c1-11-22-15(18(19,20)21)9-16(23-11)24-4-6-25(7-5-24)17(26)12-2-3-13-14(8-12)28-10-27-13/h2-3,8-9H,4-7,10H2,1H3. The lowest BCUT2D eigenvalue weighted by atomic mass is 10.1. The van der Waals surface area contributed by atoms with Crippen molar-refractivity contribution < 1.29 is 27.4 Å². The highest BCUT2D eigenvalue weighted by Crippen LogP contribution is 2.33. The van der Waals surface area contributed by atoms with Gasteiger partial charge in [-0.05, 0) is 25.1 Å². The average molecular weight is 394 g/mol. The Morgan fingerprint density at radius 3 is 2.46 bits per heavy atom. The van der Waals surface area contributed by atoms with Crippen LogP contribution in [0, 0.1) is 6.92 Å². The number of fused-ring (bicyclic) bond motifs is 1. The van der Waals surface area contributed by atoms with Gasteiger partial charge in [-0.3, -0.25) is 4.79 Å². The van der Waals surface area contributed by atoms with Crippen LogP contribution >= 0.6 is 0 Å². The van der Waals surface area contributed by atoms with E-state index in [1.54, 1.807) is 28.0 Å². The van der Waals surface area contributed by atoms with E-state index in [1.165, 1.54) is 6.92 Å². The molecule has 0 bridgehead atoms. The van der Waals surface area contributed by atoms with Crippen molar-refractivity contribution in [2.45, 2.75) is 13.1 Å². The highest BCUT2D eigenvalue weighted by molar-refractivity contribution is 5.95. The van der Waals surface area contributed by atoms with Crippen LogP contribution < -0.4 is 14.4 Å². The molecule has 0 aliphatic carbocycles. The van der Waals surface area contributed by atoms with Crippen LogP contribution in [0.5, 0.6) is 11.5 Å². The third-order valence-electron chi connectivity index (χ3n) is 4.63. The molecular formula is C18H17F3N4O3. The number of aryl methyl sites for hydroxylation is 1. The number of rotatable bonds is 2. The fourth-order valence-electron chi connectivity index (χ4n) is 3.21. The second kappa shape index (κ2) is 6.84. The summed E-state index contributed by atoms with van der Waals surface area (Å²) in [6.07, 6.45) is -4.53. The molecule has 0 atom stereocenters. The molecule has 1 amide bonds.